The van der Waals surface area contributed by atoms with Gasteiger partial charge in [-0.15, -0.1) is 0 Å². The third-order valence-electron chi connectivity index (χ3n) is 5.34. The van der Waals surface area contributed by atoms with Gasteiger partial charge in [0.05, 0.1) is 23.2 Å². The molecule has 0 N–H and O–H groups in total. The summed E-state index contributed by atoms with van der Waals surface area (Å²) in [5.74, 6) is 1.27. The van der Waals surface area contributed by atoms with Gasteiger partial charge in [0.2, 0.25) is 5.43 Å². The van der Waals surface area contributed by atoms with Gasteiger partial charge in [-0.05, 0) is 50.6 Å². The van der Waals surface area contributed by atoms with Crippen LogP contribution in [0.15, 0.2) is 51.7 Å². The molecular weight excluding hydrogens is 402 g/mol. The third-order valence-corrected chi connectivity index (χ3v) is 5.60. The highest BCUT2D eigenvalue weighted by molar-refractivity contribution is 6.30. The van der Waals surface area contributed by atoms with Crippen LogP contribution < -0.4 is 10.2 Å². The molecule has 0 aliphatic carbocycles. The van der Waals surface area contributed by atoms with E-state index in [4.69, 9.17) is 25.5 Å². The van der Waals surface area contributed by atoms with Gasteiger partial charge in [0.1, 0.15) is 23.7 Å². The maximum Gasteiger partial charge on any atom is 0.200 e. The summed E-state index contributed by atoms with van der Waals surface area (Å²) < 4.78 is 17.7. The molecule has 0 radical (unpaired) electrons. The monoisotopic (exact) mass is 427 g/mol. The van der Waals surface area contributed by atoms with Crippen LogP contribution in [0.2, 0.25) is 5.02 Å². The molecule has 1 aromatic heterocycles. The molecule has 2 heterocycles. The molecule has 1 aliphatic rings. The number of hydrogen-bond acceptors (Lipinski definition) is 5. The topological polar surface area (TPSA) is 51.9 Å². The van der Waals surface area contributed by atoms with Gasteiger partial charge in [0, 0.05) is 30.7 Å². The fourth-order valence-corrected chi connectivity index (χ4v) is 4.21. The lowest BCUT2D eigenvalue weighted by Gasteiger charge is -2.35. The Kier molecular flexibility index (Phi) is 6.14. The quantitative estimate of drug-likeness (QED) is 0.579. The van der Waals surface area contributed by atoms with Crippen molar-refractivity contribution in [2.75, 3.05) is 26.2 Å². The molecule has 30 heavy (non-hydrogen) atoms. The predicted octanol–water partition coefficient (Wildman–Crippen LogP) is 4.91. The van der Waals surface area contributed by atoms with Crippen molar-refractivity contribution in [1.29, 1.82) is 0 Å². The number of hydrogen-bond donors (Lipinski definition) is 0. The van der Waals surface area contributed by atoms with E-state index in [0.29, 0.717) is 39.7 Å². The molecule has 0 amide bonds. The minimum Gasteiger partial charge on any atom is -0.492 e. The van der Waals surface area contributed by atoms with Crippen molar-refractivity contribution in [3.63, 3.8) is 0 Å². The van der Waals surface area contributed by atoms with Crippen LogP contribution in [-0.4, -0.2) is 43.3 Å². The van der Waals surface area contributed by atoms with E-state index in [1.807, 2.05) is 18.2 Å². The average molecular weight is 428 g/mol. The number of aryl methyl sites for hydroxylation is 1. The SMILES string of the molecule is Cc1oc2cc(OCCN3C[C@@H](C)O[C@@H](C)C3)ccc2c(=O)c1-c1ccc(Cl)cc1. The third kappa shape index (κ3) is 4.53. The molecule has 1 fully saturated rings. The van der Waals surface area contributed by atoms with Gasteiger partial charge in [-0.25, -0.2) is 0 Å². The summed E-state index contributed by atoms with van der Waals surface area (Å²) in [6, 6.07) is 12.6. The molecule has 0 spiro atoms. The number of morpholine rings is 1. The molecular formula is C24H26ClNO4. The number of benzene rings is 2. The summed E-state index contributed by atoms with van der Waals surface area (Å²) in [7, 11) is 0. The van der Waals surface area contributed by atoms with Crippen LogP contribution in [0.5, 0.6) is 5.75 Å². The minimum absolute atomic E-state index is 0.0566. The fraction of sp³-hybridized carbons (Fsp3) is 0.375. The van der Waals surface area contributed by atoms with E-state index < -0.39 is 0 Å². The highest BCUT2D eigenvalue weighted by Gasteiger charge is 2.21. The summed E-state index contributed by atoms with van der Waals surface area (Å²) in [4.78, 5) is 15.4. The lowest BCUT2D eigenvalue weighted by atomic mass is 10.0. The predicted molar refractivity (Wildman–Crippen MR) is 120 cm³/mol. The van der Waals surface area contributed by atoms with Crippen LogP contribution in [0.25, 0.3) is 22.1 Å². The number of halogens is 1. The first-order valence-corrected chi connectivity index (χ1v) is 10.6. The van der Waals surface area contributed by atoms with Crippen LogP contribution >= 0.6 is 11.6 Å². The maximum atomic E-state index is 13.1. The van der Waals surface area contributed by atoms with Gasteiger partial charge >= 0.3 is 0 Å². The Morgan fingerprint density at radius 1 is 1.10 bits per heavy atom. The molecule has 1 aliphatic heterocycles. The zero-order chi connectivity index (χ0) is 21.3. The van der Waals surface area contributed by atoms with Crippen molar-refractivity contribution >= 4 is 22.6 Å². The lowest BCUT2D eigenvalue weighted by Crippen LogP contribution is -2.46. The highest BCUT2D eigenvalue weighted by atomic mass is 35.5. The fourth-order valence-electron chi connectivity index (χ4n) is 4.09. The normalized spacial score (nSPS) is 19.9. The van der Waals surface area contributed by atoms with Crippen molar-refractivity contribution < 1.29 is 13.9 Å². The molecule has 5 nitrogen and oxygen atoms in total. The second-order valence-corrected chi connectivity index (χ2v) is 8.33. The molecule has 0 saturated carbocycles. The highest BCUT2D eigenvalue weighted by Crippen LogP contribution is 2.27. The Hall–Kier alpha value is -2.34. The number of fused-ring (bicyclic) bond motifs is 1. The summed E-state index contributed by atoms with van der Waals surface area (Å²) >= 11 is 5.97. The molecule has 6 heteroatoms. The van der Waals surface area contributed by atoms with E-state index in [1.165, 1.54) is 0 Å². The van der Waals surface area contributed by atoms with Gasteiger partial charge in [0.25, 0.3) is 0 Å². The van der Waals surface area contributed by atoms with E-state index in [0.717, 1.165) is 25.2 Å². The Balaban J connectivity index is 1.51. The number of ether oxygens (including phenoxy) is 2. The van der Waals surface area contributed by atoms with Gasteiger partial charge in [-0.2, -0.15) is 0 Å². The molecule has 0 unspecified atom stereocenters. The second kappa shape index (κ2) is 8.80. The Morgan fingerprint density at radius 3 is 2.50 bits per heavy atom. The molecule has 1 saturated heterocycles. The largest absolute Gasteiger partial charge is 0.492 e. The van der Waals surface area contributed by atoms with Gasteiger partial charge in [-0.3, -0.25) is 9.69 Å². The Labute approximate surface area is 181 Å². The maximum absolute atomic E-state index is 13.1. The number of rotatable bonds is 5. The smallest absolute Gasteiger partial charge is 0.200 e. The molecule has 2 atom stereocenters. The Bertz CT molecular complexity index is 1080. The molecule has 3 aromatic rings. The first-order chi connectivity index (χ1) is 14.4. The summed E-state index contributed by atoms with van der Waals surface area (Å²) in [5, 5.41) is 1.16. The van der Waals surface area contributed by atoms with E-state index in [-0.39, 0.29) is 17.6 Å². The van der Waals surface area contributed by atoms with Crippen LogP contribution in [-0.2, 0) is 4.74 Å². The van der Waals surface area contributed by atoms with Crippen molar-refractivity contribution in [3.05, 3.63) is 63.5 Å². The van der Waals surface area contributed by atoms with Crippen LogP contribution in [0.3, 0.4) is 0 Å². The Morgan fingerprint density at radius 2 is 1.80 bits per heavy atom. The first-order valence-electron chi connectivity index (χ1n) is 10.2. The first kappa shape index (κ1) is 20.9. The summed E-state index contributed by atoms with van der Waals surface area (Å²) in [6.07, 6.45) is 0.475. The lowest BCUT2D eigenvalue weighted by molar-refractivity contribution is -0.0699. The van der Waals surface area contributed by atoms with Crippen molar-refractivity contribution in [1.82, 2.24) is 4.90 Å². The zero-order valence-corrected chi connectivity index (χ0v) is 18.2. The van der Waals surface area contributed by atoms with Crippen molar-refractivity contribution in [2.45, 2.75) is 33.0 Å². The molecule has 2 aromatic carbocycles. The zero-order valence-electron chi connectivity index (χ0n) is 17.5. The van der Waals surface area contributed by atoms with Gasteiger partial charge in [-0.1, -0.05) is 23.7 Å². The van der Waals surface area contributed by atoms with Crippen molar-refractivity contribution in [2.24, 2.45) is 0 Å². The summed E-state index contributed by atoms with van der Waals surface area (Å²) in [5.41, 5.74) is 1.82. The van der Waals surface area contributed by atoms with E-state index in [9.17, 15) is 4.79 Å². The molecule has 4 rings (SSSR count). The van der Waals surface area contributed by atoms with E-state index >= 15 is 0 Å². The van der Waals surface area contributed by atoms with Crippen LogP contribution in [0.4, 0.5) is 0 Å². The van der Waals surface area contributed by atoms with Crippen LogP contribution in [0.1, 0.15) is 19.6 Å². The van der Waals surface area contributed by atoms with Gasteiger partial charge < -0.3 is 13.9 Å². The second-order valence-electron chi connectivity index (χ2n) is 7.89. The van der Waals surface area contributed by atoms with Gasteiger partial charge in [0.15, 0.2) is 0 Å². The van der Waals surface area contributed by atoms with Crippen molar-refractivity contribution in [3.8, 4) is 16.9 Å². The minimum atomic E-state index is -0.0566. The number of nitrogens with zero attached hydrogens (tertiary/aromatic N) is 1. The summed E-state index contributed by atoms with van der Waals surface area (Å²) in [6.45, 7) is 9.20. The molecule has 0 bridgehead atoms. The van der Waals surface area contributed by atoms with Crippen LogP contribution in [0, 0.1) is 6.92 Å². The molecule has 158 valence electrons. The standard InChI is InChI=1S/C24H26ClNO4/c1-15-13-26(14-16(2)29-15)10-11-28-20-8-9-21-22(12-20)30-17(3)23(24(21)27)18-4-6-19(25)7-5-18/h4-9,12,15-16H,10-11,13-14H2,1-3H3/t15-,16+. The van der Waals surface area contributed by atoms with E-state index in [2.05, 4.69) is 18.7 Å². The van der Waals surface area contributed by atoms with E-state index in [1.54, 1.807) is 31.2 Å². The average Bonchev–Trinajstić information content (AvgIpc) is 2.68.